The Morgan fingerprint density at radius 1 is 1.04 bits per heavy atom. The van der Waals surface area contributed by atoms with Crippen molar-refractivity contribution in [3.63, 3.8) is 0 Å². The summed E-state index contributed by atoms with van der Waals surface area (Å²) in [6.45, 7) is 8.94. The van der Waals surface area contributed by atoms with Gasteiger partial charge in [-0.2, -0.15) is 0 Å². The molecule has 0 aliphatic rings. The van der Waals surface area contributed by atoms with Crippen LogP contribution in [-0.4, -0.2) is 41.3 Å². The van der Waals surface area contributed by atoms with Crippen LogP contribution in [0.15, 0.2) is 29.3 Å². The lowest BCUT2D eigenvalue weighted by Crippen LogP contribution is -2.39. The predicted molar refractivity (Wildman–Crippen MR) is 115 cm³/mol. The number of hydrogen-bond donors (Lipinski definition) is 3. The number of aryl methyl sites for hydroxylation is 4. The molecular formula is C19H26N6OS. The quantitative estimate of drug-likeness (QED) is 0.315. The molecule has 0 aliphatic heterocycles. The number of anilines is 2. The van der Waals surface area contributed by atoms with E-state index in [1.54, 1.807) is 7.11 Å². The number of thiocarbonyl (C=S) groups is 1. The summed E-state index contributed by atoms with van der Waals surface area (Å²) in [7, 11) is 1.63. The highest BCUT2D eigenvalue weighted by Crippen LogP contribution is 2.14. The molecule has 1 aromatic heterocycles. The standard InChI is InChI=1S/C19H26N6OS/c1-12-6-7-16(10-13(12)2)23-19(27)25-17(20-8-9-26-5)24-18-21-14(3)11-15(4)22-18/h6-7,10-11H,8-9H2,1-5H3,(H3,20,21,22,23,24,25,27). The van der Waals surface area contributed by atoms with Crippen LogP contribution in [0.25, 0.3) is 0 Å². The molecule has 0 amide bonds. The second kappa shape index (κ2) is 9.94. The van der Waals surface area contributed by atoms with E-state index < -0.39 is 0 Å². The van der Waals surface area contributed by atoms with Gasteiger partial charge in [0.2, 0.25) is 11.9 Å². The van der Waals surface area contributed by atoms with Crippen molar-refractivity contribution < 1.29 is 4.74 Å². The SMILES string of the molecule is COCCN=C(NC(=S)Nc1ccc(C)c(C)c1)Nc1nc(C)cc(C)n1. The molecule has 0 aliphatic carbocycles. The molecule has 2 aromatic rings. The van der Waals surface area contributed by atoms with Gasteiger partial charge in [0.15, 0.2) is 5.11 Å². The summed E-state index contributed by atoms with van der Waals surface area (Å²) < 4.78 is 5.06. The smallest absolute Gasteiger partial charge is 0.229 e. The Kier molecular flexibility index (Phi) is 7.63. The Bertz CT molecular complexity index is 817. The van der Waals surface area contributed by atoms with Gasteiger partial charge < -0.3 is 15.4 Å². The van der Waals surface area contributed by atoms with Crippen molar-refractivity contribution in [2.75, 3.05) is 30.9 Å². The van der Waals surface area contributed by atoms with Gasteiger partial charge in [-0.15, -0.1) is 0 Å². The van der Waals surface area contributed by atoms with E-state index in [0.717, 1.165) is 17.1 Å². The van der Waals surface area contributed by atoms with E-state index in [0.29, 0.717) is 30.2 Å². The fraction of sp³-hybridized carbons (Fsp3) is 0.368. The summed E-state index contributed by atoms with van der Waals surface area (Å²) in [5.41, 5.74) is 5.08. The molecule has 2 rings (SSSR count). The molecular weight excluding hydrogens is 360 g/mol. The van der Waals surface area contributed by atoms with E-state index in [9.17, 15) is 0 Å². The first-order chi connectivity index (χ1) is 12.9. The molecule has 27 heavy (non-hydrogen) atoms. The third-order valence-corrected chi connectivity index (χ3v) is 3.98. The van der Waals surface area contributed by atoms with Crippen LogP contribution in [0, 0.1) is 27.7 Å². The molecule has 1 aromatic carbocycles. The molecule has 0 atom stereocenters. The lowest BCUT2D eigenvalue weighted by Gasteiger charge is -2.15. The van der Waals surface area contributed by atoms with Crippen LogP contribution in [0.1, 0.15) is 22.5 Å². The van der Waals surface area contributed by atoms with Gasteiger partial charge in [-0.25, -0.2) is 9.97 Å². The minimum absolute atomic E-state index is 0.422. The Morgan fingerprint density at radius 2 is 1.74 bits per heavy atom. The average Bonchev–Trinajstić information content (AvgIpc) is 2.57. The summed E-state index contributed by atoms with van der Waals surface area (Å²) in [6.07, 6.45) is 0. The van der Waals surface area contributed by atoms with Gasteiger partial charge in [0.1, 0.15) is 0 Å². The number of nitrogens with zero attached hydrogens (tertiary/aromatic N) is 3. The van der Waals surface area contributed by atoms with Gasteiger partial charge in [-0.1, -0.05) is 6.07 Å². The highest BCUT2D eigenvalue weighted by Gasteiger charge is 2.07. The molecule has 0 saturated heterocycles. The molecule has 0 saturated carbocycles. The summed E-state index contributed by atoms with van der Waals surface area (Å²) in [6, 6.07) is 7.99. The lowest BCUT2D eigenvalue weighted by atomic mass is 10.1. The van der Waals surface area contributed by atoms with Crippen molar-refractivity contribution in [1.29, 1.82) is 0 Å². The molecule has 0 bridgehead atoms. The van der Waals surface area contributed by atoms with Crippen molar-refractivity contribution in [2.24, 2.45) is 4.99 Å². The van der Waals surface area contributed by atoms with Crippen molar-refractivity contribution in [3.8, 4) is 0 Å². The molecule has 0 radical (unpaired) electrons. The van der Waals surface area contributed by atoms with Gasteiger partial charge in [-0.05, 0) is 69.2 Å². The molecule has 144 valence electrons. The Morgan fingerprint density at radius 3 is 2.37 bits per heavy atom. The highest BCUT2D eigenvalue weighted by molar-refractivity contribution is 7.80. The van der Waals surface area contributed by atoms with E-state index in [1.165, 1.54) is 11.1 Å². The first-order valence-electron chi connectivity index (χ1n) is 8.65. The molecule has 0 fully saturated rings. The van der Waals surface area contributed by atoms with Crippen LogP contribution in [0.5, 0.6) is 0 Å². The topological polar surface area (TPSA) is 83.5 Å². The van der Waals surface area contributed by atoms with Gasteiger partial charge >= 0.3 is 0 Å². The van der Waals surface area contributed by atoms with Crippen molar-refractivity contribution in [2.45, 2.75) is 27.7 Å². The van der Waals surface area contributed by atoms with Crippen LogP contribution in [-0.2, 0) is 4.74 Å². The van der Waals surface area contributed by atoms with Crippen molar-refractivity contribution in [3.05, 3.63) is 46.8 Å². The van der Waals surface area contributed by atoms with Gasteiger partial charge in [0, 0.05) is 24.2 Å². The lowest BCUT2D eigenvalue weighted by molar-refractivity contribution is 0.208. The number of benzene rings is 1. The van der Waals surface area contributed by atoms with Crippen molar-refractivity contribution >= 4 is 34.9 Å². The summed E-state index contributed by atoms with van der Waals surface area (Å²) in [4.78, 5) is 13.2. The van der Waals surface area contributed by atoms with Crippen LogP contribution in [0.3, 0.4) is 0 Å². The number of ether oxygens (including phenoxy) is 1. The third kappa shape index (κ3) is 6.92. The maximum Gasteiger partial charge on any atom is 0.229 e. The number of hydrogen-bond acceptors (Lipinski definition) is 5. The summed E-state index contributed by atoms with van der Waals surface area (Å²) in [5, 5.41) is 9.75. The maximum atomic E-state index is 5.42. The number of aliphatic imine (C=N–C) groups is 1. The molecule has 0 spiro atoms. The van der Waals surface area contributed by atoms with E-state index in [1.807, 2.05) is 32.0 Å². The summed E-state index contributed by atoms with van der Waals surface area (Å²) in [5.74, 6) is 0.920. The first kappa shape index (κ1) is 20.7. The van der Waals surface area contributed by atoms with E-state index in [-0.39, 0.29) is 0 Å². The van der Waals surface area contributed by atoms with Gasteiger partial charge in [0.25, 0.3) is 0 Å². The first-order valence-corrected chi connectivity index (χ1v) is 9.06. The number of methoxy groups -OCH3 is 1. The normalized spacial score (nSPS) is 11.2. The number of guanidine groups is 1. The molecule has 8 heteroatoms. The number of aromatic nitrogens is 2. The molecule has 1 heterocycles. The average molecular weight is 387 g/mol. The predicted octanol–water partition coefficient (Wildman–Crippen LogP) is 3.11. The Hall–Kier alpha value is -2.58. The Labute approximate surface area is 165 Å². The van der Waals surface area contributed by atoms with Gasteiger partial charge in [-0.3, -0.25) is 10.3 Å². The van der Waals surface area contributed by atoms with E-state index >= 15 is 0 Å². The van der Waals surface area contributed by atoms with Crippen molar-refractivity contribution in [1.82, 2.24) is 15.3 Å². The van der Waals surface area contributed by atoms with Crippen LogP contribution < -0.4 is 16.0 Å². The van der Waals surface area contributed by atoms with Crippen LogP contribution in [0.4, 0.5) is 11.6 Å². The Balaban J connectivity index is 2.09. The fourth-order valence-electron chi connectivity index (χ4n) is 2.34. The molecule has 0 unspecified atom stereocenters. The highest BCUT2D eigenvalue weighted by atomic mass is 32.1. The second-order valence-electron chi connectivity index (χ2n) is 6.20. The minimum atomic E-state index is 0.422. The largest absolute Gasteiger partial charge is 0.383 e. The molecule has 7 nitrogen and oxygen atoms in total. The monoisotopic (exact) mass is 386 g/mol. The minimum Gasteiger partial charge on any atom is -0.383 e. The molecule has 3 N–H and O–H groups in total. The van der Waals surface area contributed by atoms with E-state index in [4.69, 9.17) is 17.0 Å². The van der Waals surface area contributed by atoms with E-state index in [2.05, 4.69) is 50.8 Å². The zero-order valence-electron chi connectivity index (χ0n) is 16.4. The maximum absolute atomic E-state index is 5.42. The summed E-state index contributed by atoms with van der Waals surface area (Å²) >= 11 is 5.42. The zero-order valence-corrected chi connectivity index (χ0v) is 17.2. The third-order valence-electron chi connectivity index (χ3n) is 3.77. The van der Waals surface area contributed by atoms with Crippen LogP contribution >= 0.6 is 12.2 Å². The second-order valence-corrected chi connectivity index (χ2v) is 6.61. The van der Waals surface area contributed by atoms with Crippen LogP contribution in [0.2, 0.25) is 0 Å². The number of rotatable bonds is 5. The fourth-order valence-corrected chi connectivity index (χ4v) is 2.55. The zero-order chi connectivity index (χ0) is 19.8. The number of nitrogens with one attached hydrogen (secondary N) is 3. The van der Waals surface area contributed by atoms with Gasteiger partial charge in [0.05, 0.1) is 13.2 Å².